The number of aromatic nitrogens is 2. The number of carbonyl (C=O) groups is 1. The molecule has 0 saturated heterocycles. The second-order valence-corrected chi connectivity index (χ2v) is 8.30. The van der Waals surface area contributed by atoms with E-state index in [9.17, 15) is 4.79 Å². The zero-order chi connectivity index (χ0) is 24.4. The molecular formula is C28H26N4O3. The number of aryl methyl sites for hydroxylation is 1. The fraction of sp³-hybridized carbons (Fsp3) is 0.179. The molecule has 0 fully saturated rings. The molecule has 35 heavy (non-hydrogen) atoms. The van der Waals surface area contributed by atoms with Crippen molar-refractivity contribution in [2.75, 3.05) is 12.0 Å². The molecule has 3 aromatic carbocycles. The van der Waals surface area contributed by atoms with Crippen LogP contribution in [0, 0.1) is 0 Å². The Labute approximate surface area is 204 Å². The quantitative estimate of drug-likeness (QED) is 0.376. The minimum absolute atomic E-state index is 0.213. The van der Waals surface area contributed by atoms with Crippen LogP contribution in [0.3, 0.4) is 0 Å². The van der Waals surface area contributed by atoms with Crippen molar-refractivity contribution in [3.63, 3.8) is 0 Å². The SMILES string of the molecule is CCc1ccc(C2NC(=O)N(c3ccccc3)C(C)=C2c2nc(-c3cccc(OC)c3)no2)cc1. The summed E-state index contributed by atoms with van der Waals surface area (Å²) in [6.45, 7) is 4.02. The molecule has 5 rings (SSSR count). The van der Waals surface area contributed by atoms with Crippen LogP contribution in [0.5, 0.6) is 5.75 Å². The highest BCUT2D eigenvalue weighted by molar-refractivity contribution is 6.01. The van der Waals surface area contributed by atoms with E-state index in [1.165, 1.54) is 5.56 Å². The minimum atomic E-state index is -0.438. The number of para-hydroxylation sites is 1. The van der Waals surface area contributed by atoms with Crippen molar-refractivity contribution >= 4 is 17.3 Å². The minimum Gasteiger partial charge on any atom is -0.497 e. The van der Waals surface area contributed by atoms with E-state index in [0.29, 0.717) is 17.5 Å². The average molecular weight is 467 g/mol. The average Bonchev–Trinajstić information content (AvgIpc) is 3.39. The zero-order valence-electron chi connectivity index (χ0n) is 19.9. The number of anilines is 1. The van der Waals surface area contributed by atoms with Crippen molar-refractivity contribution in [2.45, 2.75) is 26.3 Å². The van der Waals surface area contributed by atoms with Gasteiger partial charge in [-0.2, -0.15) is 4.98 Å². The maximum atomic E-state index is 13.3. The summed E-state index contributed by atoms with van der Waals surface area (Å²) < 4.78 is 11.1. The number of hydrogen-bond donors (Lipinski definition) is 1. The van der Waals surface area contributed by atoms with Crippen molar-refractivity contribution in [3.05, 3.63) is 102 Å². The standard InChI is InChI=1S/C28H26N4O3/c1-4-19-13-15-20(16-14-19)25-24(18(2)32(28(33)29-25)22-10-6-5-7-11-22)27-30-26(31-35-27)21-9-8-12-23(17-21)34-3/h5-17,25H,4H2,1-3H3,(H,29,33). The third kappa shape index (κ3) is 4.28. The summed E-state index contributed by atoms with van der Waals surface area (Å²) in [5.74, 6) is 1.51. The summed E-state index contributed by atoms with van der Waals surface area (Å²) in [6.07, 6.45) is 0.939. The first-order chi connectivity index (χ1) is 17.1. The molecule has 4 aromatic rings. The van der Waals surface area contributed by atoms with Gasteiger partial charge in [-0.15, -0.1) is 0 Å². The Kier molecular flexibility index (Phi) is 6.06. The summed E-state index contributed by atoms with van der Waals surface area (Å²) in [5.41, 5.74) is 5.18. The molecular weight excluding hydrogens is 440 g/mol. The van der Waals surface area contributed by atoms with E-state index in [1.807, 2.05) is 73.7 Å². The molecule has 1 unspecified atom stereocenters. The van der Waals surface area contributed by atoms with Crippen LogP contribution in [0.15, 0.2) is 89.1 Å². The summed E-state index contributed by atoms with van der Waals surface area (Å²) in [7, 11) is 1.62. The molecule has 0 spiro atoms. The second-order valence-electron chi connectivity index (χ2n) is 8.30. The molecule has 7 nitrogen and oxygen atoms in total. The third-order valence-electron chi connectivity index (χ3n) is 6.20. The van der Waals surface area contributed by atoms with Gasteiger partial charge in [0.05, 0.1) is 24.4 Å². The molecule has 0 saturated carbocycles. The van der Waals surface area contributed by atoms with Crippen LogP contribution in [0.25, 0.3) is 17.0 Å². The molecule has 2 amide bonds. The maximum absolute atomic E-state index is 13.3. The van der Waals surface area contributed by atoms with E-state index in [1.54, 1.807) is 12.0 Å². The zero-order valence-corrected chi connectivity index (χ0v) is 19.9. The Morgan fingerprint density at radius 1 is 1.03 bits per heavy atom. The van der Waals surface area contributed by atoms with Gasteiger partial charge in [-0.05, 0) is 48.7 Å². The number of methoxy groups -OCH3 is 1. The van der Waals surface area contributed by atoms with Crippen molar-refractivity contribution in [2.24, 2.45) is 0 Å². The number of nitrogens with zero attached hydrogens (tertiary/aromatic N) is 3. The predicted octanol–water partition coefficient (Wildman–Crippen LogP) is 6.01. The monoisotopic (exact) mass is 466 g/mol. The van der Waals surface area contributed by atoms with E-state index >= 15 is 0 Å². The number of amides is 2. The lowest BCUT2D eigenvalue weighted by Gasteiger charge is -2.35. The Morgan fingerprint density at radius 3 is 2.51 bits per heavy atom. The molecule has 2 heterocycles. The van der Waals surface area contributed by atoms with Crippen molar-refractivity contribution < 1.29 is 14.1 Å². The number of hydrogen-bond acceptors (Lipinski definition) is 5. The van der Waals surface area contributed by atoms with Gasteiger partial charge in [0.1, 0.15) is 5.75 Å². The smallest absolute Gasteiger partial charge is 0.326 e. The molecule has 1 N–H and O–H groups in total. The van der Waals surface area contributed by atoms with Crippen LogP contribution in [0.1, 0.15) is 36.9 Å². The Morgan fingerprint density at radius 2 is 1.80 bits per heavy atom. The van der Waals surface area contributed by atoms with Crippen molar-refractivity contribution in [3.8, 4) is 17.1 Å². The highest BCUT2D eigenvalue weighted by Gasteiger charge is 2.36. The number of rotatable bonds is 6. The lowest BCUT2D eigenvalue weighted by atomic mass is 9.93. The largest absolute Gasteiger partial charge is 0.497 e. The fourth-order valence-corrected chi connectivity index (χ4v) is 4.32. The van der Waals surface area contributed by atoms with E-state index in [4.69, 9.17) is 14.2 Å². The van der Waals surface area contributed by atoms with Crippen molar-refractivity contribution in [1.29, 1.82) is 0 Å². The fourth-order valence-electron chi connectivity index (χ4n) is 4.32. The van der Waals surface area contributed by atoms with Gasteiger partial charge in [-0.25, -0.2) is 4.79 Å². The lowest BCUT2D eigenvalue weighted by molar-refractivity contribution is 0.244. The normalized spacial score (nSPS) is 15.8. The van der Waals surface area contributed by atoms with Crippen LogP contribution in [-0.2, 0) is 6.42 Å². The van der Waals surface area contributed by atoms with Gasteiger partial charge < -0.3 is 14.6 Å². The third-order valence-corrected chi connectivity index (χ3v) is 6.20. The van der Waals surface area contributed by atoms with Crippen LogP contribution in [0.4, 0.5) is 10.5 Å². The van der Waals surface area contributed by atoms with Gasteiger partial charge in [0.25, 0.3) is 5.89 Å². The van der Waals surface area contributed by atoms with Gasteiger partial charge in [0, 0.05) is 11.3 Å². The first-order valence-corrected chi connectivity index (χ1v) is 11.5. The Bertz CT molecular complexity index is 1380. The number of urea groups is 1. The molecule has 1 atom stereocenters. The molecule has 0 aliphatic carbocycles. The van der Waals surface area contributed by atoms with Crippen molar-refractivity contribution in [1.82, 2.24) is 15.5 Å². The van der Waals surface area contributed by atoms with Gasteiger partial charge in [0.2, 0.25) is 5.82 Å². The number of carbonyl (C=O) groups excluding carboxylic acids is 1. The number of ether oxygens (including phenoxy) is 1. The van der Waals surface area contributed by atoms with Gasteiger partial charge in [0.15, 0.2) is 0 Å². The van der Waals surface area contributed by atoms with E-state index in [0.717, 1.165) is 34.5 Å². The highest BCUT2D eigenvalue weighted by Crippen LogP contribution is 2.39. The number of benzene rings is 3. The number of nitrogens with one attached hydrogen (secondary N) is 1. The molecule has 1 aliphatic heterocycles. The molecule has 1 aliphatic rings. The predicted molar refractivity (Wildman–Crippen MR) is 135 cm³/mol. The lowest BCUT2D eigenvalue weighted by Crippen LogP contribution is -2.46. The van der Waals surface area contributed by atoms with E-state index in [-0.39, 0.29) is 6.03 Å². The van der Waals surface area contributed by atoms with Gasteiger partial charge in [-0.1, -0.05) is 66.7 Å². The molecule has 0 bridgehead atoms. The molecule has 176 valence electrons. The maximum Gasteiger partial charge on any atom is 0.326 e. The summed E-state index contributed by atoms with van der Waals surface area (Å²) in [6, 6.07) is 24.6. The molecule has 7 heteroatoms. The van der Waals surface area contributed by atoms with E-state index < -0.39 is 6.04 Å². The Balaban J connectivity index is 1.63. The van der Waals surface area contributed by atoms with Crippen LogP contribution in [0.2, 0.25) is 0 Å². The topological polar surface area (TPSA) is 80.5 Å². The summed E-state index contributed by atoms with van der Waals surface area (Å²) in [5, 5.41) is 7.38. The Hall–Kier alpha value is -4.39. The summed E-state index contributed by atoms with van der Waals surface area (Å²) >= 11 is 0. The summed E-state index contributed by atoms with van der Waals surface area (Å²) in [4.78, 5) is 19.7. The van der Waals surface area contributed by atoms with Gasteiger partial charge in [-0.3, -0.25) is 4.90 Å². The highest BCUT2D eigenvalue weighted by atomic mass is 16.5. The van der Waals surface area contributed by atoms with Crippen LogP contribution >= 0.6 is 0 Å². The van der Waals surface area contributed by atoms with Crippen LogP contribution in [-0.4, -0.2) is 23.3 Å². The second kappa shape index (κ2) is 9.46. The first-order valence-electron chi connectivity index (χ1n) is 11.5. The molecule has 0 radical (unpaired) electrons. The van der Waals surface area contributed by atoms with Crippen LogP contribution < -0.4 is 15.0 Å². The number of allylic oxidation sites excluding steroid dienone is 1. The van der Waals surface area contributed by atoms with E-state index in [2.05, 4.69) is 29.5 Å². The first kappa shape index (κ1) is 22.4. The van der Waals surface area contributed by atoms with Gasteiger partial charge >= 0.3 is 6.03 Å². The molecule has 1 aromatic heterocycles.